The molecule has 19 heavy (non-hydrogen) atoms. The average Bonchev–Trinajstić information content (AvgIpc) is 2.39. The van der Waals surface area contributed by atoms with Crippen molar-refractivity contribution >= 4 is 38.5 Å². The Bertz CT molecular complexity index is 555. The molecule has 0 spiro atoms. The quantitative estimate of drug-likeness (QED) is 0.719. The van der Waals surface area contributed by atoms with Gasteiger partial charge in [0.15, 0.2) is 0 Å². The van der Waals surface area contributed by atoms with E-state index in [9.17, 15) is 5.11 Å². The summed E-state index contributed by atoms with van der Waals surface area (Å²) in [5.74, 6) is 0.799. The van der Waals surface area contributed by atoms with Crippen LogP contribution in [0.1, 0.15) is 24.2 Å². The van der Waals surface area contributed by atoms with Crippen LogP contribution < -0.4 is 4.74 Å². The van der Waals surface area contributed by atoms with Gasteiger partial charge in [-0.1, -0.05) is 34.1 Å². The SMILES string of the molecule is CCOc1ccc(C(O)c2ccc(I)cc2)c(Br)c1. The molecule has 4 heteroatoms. The maximum atomic E-state index is 10.4. The van der Waals surface area contributed by atoms with Crippen molar-refractivity contribution < 1.29 is 9.84 Å². The number of hydrogen-bond donors (Lipinski definition) is 1. The second-order valence-corrected chi connectivity index (χ2v) is 6.17. The minimum Gasteiger partial charge on any atom is -0.494 e. The van der Waals surface area contributed by atoms with Crippen LogP contribution in [0.25, 0.3) is 0 Å². The van der Waals surface area contributed by atoms with Crippen LogP contribution in [0.2, 0.25) is 0 Å². The van der Waals surface area contributed by atoms with E-state index in [-0.39, 0.29) is 0 Å². The van der Waals surface area contributed by atoms with Gasteiger partial charge in [-0.05, 0) is 64.9 Å². The monoisotopic (exact) mass is 432 g/mol. The Morgan fingerprint density at radius 1 is 1.21 bits per heavy atom. The van der Waals surface area contributed by atoms with Crippen molar-refractivity contribution in [3.63, 3.8) is 0 Å². The molecule has 0 fully saturated rings. The summed E-state index contributed by atoms with van der Waals surface area (Å²) in [6.45, 7) is 2.58. The van der Waals surface area contributed by atoms with Gasteiger partial charge >= 0.3 is 0 Å². The van der Waals surface area contributed by atoms with Gasteiger partial charge < -0.3 is 9.84 Å². The normalized spacial score (nSPS) is 12.2. The molecule has 0 saturated carbocycles. The standard InChI is InChI=1S/C15H14BrIO2/c1-2-19-12-7-8-13(14(16)9-12)15(18)10-3-5-11(17)6-4-10/h3-9,15,18H,2H2,1H3. The molecule has 100 valence electrons. The molecule has 1 unspecified atom stereocenters. The number of ether oxygens (including phenoxy) is 1. The van der Waals surface area contributed by atoms with E-state index in [1.807, 2.05) is 49.4 Å². The Balaban J connectivity index is 2.28. The number of aliphatic hydroxyl groups excluding tert-OH is 1. The number of halogens is 2. The van der Waals surface area contributed by atoms with Crippen LogP contribution in [0, 0.1) is 3.57 Å². The molecule has 2 aromatic rings. The van der Waals surface area contributed by atoms with Gasteiger partial charge in [-0.15, -0.1) is 0 Å². The second-order valence-electron chi connectivity index (χ2n) is 4.07. The molecule has 0 aliphatic carbocycles. The fraction of sp³-hybridized carbons (Fsp3) is 0.200. The maximum Gasteiger partial charge on any atom is 0.120 e. The molecular weight excluding hydrogens is 419 g/mol. The summed E-state index contributed by atoms with van der Waals surface area (Å²) < 4.78 is 7.43. The summed E-state index contributed by atoms with van der Waals surface area (Å²) in [6, 6.07) is 13.5. The number of aliphatic hydroxyl groups is 1. The Morgan fingerprint density at radius 2 is 1.89 bits per heavy atom. The largest absolute Gasteiger partial charge is 0.494 e. The highest BCUT2D eigenvalue weighted by Gasteiger charge is 2.14. The molecule has 0 amide bonds. The summed E-state index contributed by atoms with van der Waals surface area (Å²) in [5.41, 5.74) is 1.72. The zero-order chi connectivity index (χ0) is 13.8. The van der Waals surface area contributed by atoms with E-state index in [1.54, 1.807) is 0 Å². The van der Waals surface area contributed by atoms with Crippen LogP contribution in [0.5, 0.6) is 5.75 Å². The Hall–Kier alpha value is -0.590. The number of hydrogen-bond acceptors (Lipinski definition) is 2. The molecule has 2 nitrogen and oxygen atoms in total. The van der Waals surface area contributed by atoms with Gasteiger partial charge in [0.25, 0.3) is 0 Å². The van der Waals surface area contributed by atoms with E-state index in [1.165, 1.54) is 0 Å². The summed E-state index contributed by atoms with van der Waals surface area (Å²) in [4.78, 5) is 0. The zero-order valence-corrected chi connectivity index (χ0v) is 14.2. The molecule has 0 radical (unpaired) electrons. The average molecular weight is 433 g/mol. The molecule has 0 aliphatic rings. The Morgan fingerprint density at radius 3 is 2.47 bits per heavy atom. The van der Waals surface area contributed by atoms with Crippen molar-refractivity contribution in [2.45, 2.75) is 13.0 Å². The Labute approximate surface area is 135 Å². The highest BCUT2D eigenvalue weighted by atomic mass is 127. The lowest BCUT2D eigenvalue weighted by Crippen LogP contribution is -2.01. The number of benzene rings is 2. The fourth-order valence-corrected chi connectivity index (χ4v) is 2.74. The van der Waals surface area contributed by atoms with Crippen molar-refractivity contribution in [2.75, 3.05) is 6.61 Å². The van der Waals surface area contributed by atoms with Crippen molar-refractivity contribution in [3.05, 3.63) is 61.6 Å². The van der Waals surface area contributed by atoms with Gasteiger partial charge in [0.05, 0.1) is 6.61 Å². The topological polar surface area (TPSA) is 29.5 Å². The lowest BCUT2D eigenvalue weighted by Gasteiger charge is -2.14. The van der Waals surface area contributed by atoms with Crippen LogP contribution in [0.4, 0.5) is 0 Å². The predicted molar refractivity (Wildman–Crippen MR) is 88.5 cm³/mol. The highest BCUT2D eigenvalue weighted by molar-refractivity contribution is 14.1. The van der Waals surface area contributed by atoms with Crippen LogP contribution >= 0.6 is 38.5 Å². The van der Waals surface area contributed by atoms with Crippen molar-refractivity contribution in [1.82, 2.24) is 0 Å². The van der Waals surface area contributed by atoms with E-state index in [2.05, 4.69) is 38.5 Å². The van der Waals surface area contributed by atoms with Gasteiger partial charge in [0.1, 0.15) is 11.9 Å². The van der Waals surface area contributed by atoms with Crippen LogP contribution in [-0.2, 0) is 0 Å². The lowest BCUT2D eigenvalue weighted by molar-refractivity contribution is 0.219. The lowest BCUT2D eigenvalue weighted by atomic mass is 10.0. The maximum absolute atomic E-state index is 10.4. The van der Waals surface area contributed by atoms with Crippen LogP contribution in [0.15, 0.2) is 46.9 Å². The Kier molecular flexibility index (Phi) is 5.24. The van der Waals surface area contributed by atoms with E-state index in [4.69, 9.17) is 4.74 Å². The third-order valence-electron chi connectivity index (χ3n) is 2.76. The molecular formula is C15H14BrIO2. The molecule has 0 saturated heterocycles. The van der Waals surface area contributed by atoms with Gasteiger partial charge in [0, 0.05) is 8.04 Å². The molecule has 2 aromatic carbocycles. The van der Waals surface area contributed by atoms with Crippen molar-refractivity contribution in [3.8, 4) is 5.75 Å². The smallest absolute Gasteiger partial charge is 0.120 e. The van der Waals surface area contributed by atoms with Gasteiger partial charge in [-0.25, -0.2) is 0 Å². The minimum atomic E-state index is -0.637. The fourth-order valence-electron chi connectivity index (χ4n) is 1.81. The molecule has 0 aromatic heterocycles. The molecule has 1 N–H and O–H groups in total. The van der Waals surface area contributed by atoms with Crippen molar-refractivity contribution in [1.29, 1.82) is 0 Å². The van der Waals surface area contributed by atoms with Gasteiger partial charge in [-0.2, -0.15) is 0 Å². The first-order valence-electron chi connectivity index (χ1n) is 5.97. The van der Waals surface area contributed by atoms with E-state index < -0.39 is 6.10 Å². The van der Waals surface area contributed by atoms with Crippen LogP contribution in [0.3, 0.4) is 0 Å². The summed E-state index contributed by atoms with van der Waals surface area (Å²) >= 11 is 5.74. The third kappa shape index (κ3) is 3.70. The summed E-state index contributed by atoms with van der Waals surface area (Å²) in [7, 11) is 0. The second kappa shape index (κ2) is 6.72. The van der Waals surface area contributed by atoms with Gasteiger partial charge in [-0.3, -0.25) is 0 Å². The predicted octanol–water partition coefficient (Wildman–Crippen LogP) is 4.53. The molecule has 0 bridgehead atoms. The van der Waals surface area contributed by atoms with E-state index in [0.29, 0.717) is 6.61 Å². The van der Waals surface area contributed by atoms with Crippen LogP contribution in [-0.4, -0.2) is 11.7 Å². The van der Waals surface area contributed by atoms with Crippen molar-refractivity contribution in [2.24, 2.45) is 0 Å². The first kappa shape index (κ1) is 14.8. The van der Waals surface area contributed by atoms with E-state index >= 15 is 0 Å². The first-order valence-corrected chi connectivity index (χ1v) is 7.84. The third-order valence-corrected chi connectivity index (χ3v) is 4.17. The molecule has 0 aliphatic heterocycles. The summed E-state index contributed by atoms with van der Waals surface area (Å²) in [6.07, 6.45) is -0.637. The zero-order valence-electron chi connectivity index (χ0n) is 10.4. The first-order chi connectivity index (χ1) is 9.11. The van der Waals surface area contributed by atoms with E-state index in [0.717, 1.165) is 24.9 Å². The molecule has 1 atom stereocenters. The summed E-state index contributed by atoms with van der Waals surface area (Å²) in [5, 5.41) is 10.4. The minimum absolute atomic E-state index is 0.630. The van der Waals surface area contributed by atoms with Gasteiger partial charge in [0.2, 0.25) is 0 Å². The molecule has 2 rings (SSSR count). The number of rotatable bonds is 4. The molecule has 0 heterocycles. The highest BCUT2D eigenvalue weighted by Crippen LogP contribution is 2.31.